The molecule has 2 atom stereocenters. The van der Waals surface area contributed by atoms with Crippen LogP contribution in [-0.4, -0.2) is 40.9 Å². The van der Waals surface area contributed by atoms with E-state index in [1.807, 2.05) is 19.1 Å². The lowest BCUT2D eigenvalue weighted by Gasteiger charge is -2.30. The highest BCUT2D eigenvalue weighted by Gasteiger charge is 2.33. The number of hydrogen-bond donors (Lipinski definition) is 2. The number of nitrogens with one attached hydrogen (secondary N) is 1. The minimum atomic E-state index is -2.44. The Kier molecular flexibility index (Phi) is 8.97. The first kappa shape index (κ1) is 29.3. The van der Waals surface area contributed by atoms with Crippen molar-refractivity contribution in [3.05, 3.63) is 76.5 Å². The molecular weight excluding hydrogens is 600 g/mol. The quantitative estimate of drug-likeness (QED) is 0.159. The first-order chi connectivity index (χ1) is 19.1. The highest BCUT2D eigenvalue weighted by Crippen LogP contribution is 2.38. The number of fused-ring (bicyclic) bond motifs is 1. The Morgan fingerprint density at radius 2 is 1.60 bits per heavy atom. The highest BCUT2D eigenvalue weighted by atomic mass is 79.9. The Hall–Kier alpha value is -3.67. The molecule has 210 valence electrons. The fourth-order valence-electron chi connectivity index (χ4n) is 4.54. The van der Waals surface area contributed by atoms with E-state index in [0.717, 1.165) is 25.3 Å². The molecule has 0 saturated carbocycles. The fourth-order valence-corrected chi connectivity index (χ4v) is 5.86. The molecule has 9 nitrogen and oxygen atoms in total. The number of carbonyl (C=O) groups excluding carboxylic acids is 2. The normalized spacial score (nSPS) is 12.7. The van der Waals surface area contributed by atoms with Crippen molar-refractivity contribution < 1.29 is 32.2 Å². The zero-order valence-electron chi connectivity index (χ0n) is 22.6. The summed E-state index contributed by atoms with van der Waals surface area (Å²) in [6.07, 6.45) is 0. The predicted molar refractivity (Wildman–Crippen MR) is 159 cm³/mol. The van der Waals surface area contributed by atoms with Gasteiger partial charge in [-0.25, -0.2) is 9.00 Å². The number of anilines is 2. The van der Waals surface area contributed by atoms with Gasteiger partial charge in [0.1, 0.15) is 17.4 Å². The molecule has 3 aromatic carbocycles. The number of halogens is 1. The number of aryl methyl sites for hydroxylation is 1. The lowest BCUT2D eigenvalue weighted by atomic mass is 10.0. The molecule has 0 aliphatic heterocycles. The average Bonchev–Trinajstić information content (AvgIpc) is 3.28. The summed E-state index contributed by atoms with van der Waals surface area (Å²) >= 11 is 1.02. The number of nitrogens with zero attached hydrogens (tertiary/aromatic N) is 1. The number of hydrogen-bond acceptors (Lipinski definition) is 6. The van der Waals surface area contributed by atoms with Gasteiger partial charge in [-0.15, -0.1) is 0 Å². The van der Waals surface area contributed by atoms with Gasteiger partial charge in [-0.05, 0) is 76.3 Å². The summed E-state index contributed by atoms with van der Waals surface area (Å²) in [7, 11) is 2.81. The van der Waals surface area contributed by atoms with Crippen LogP contribution >= 0.6 is 15.9 Å². The second kappa shape index (κ2) is 12.2. The van der Waals surface area contributed by atoms with Gasteiger partial charge in [0.2, 0.25) is 0 Å². The molecule has 0 radical (unpaired) electrons. The summed E-state index contributed by atoms with van der Waals surface area (Å²) in [5.41, 5.74) is 3.92. The van der Waals surface area contributed by atoms with Gasteiger partial charge in [-0.2, -0.15) is 0 Å². The number of ether oxygens (including phenoxy) is 2. The van der Waals surface area contributed by atoms with Crippen LogP contribution in [-0.2, 0) is 20.8 Å². The average molecular weight is 630 g/mol. The minimum absolute atomic E-state index is 0.198. The van der Waals surface area contributed by atoms with Crippen molar-refractivity contribution in [1.82, 2.24) is 0 Å². The molecule has 11 heteroatoms. The molecular formula is C29H29BrN2O7S. The maximum absolute atomic E-state index is 13.0. The summed E-state index contributed by atoms with van der Waals surface area (Å²) in [6.45, 7) is 5.37. The molecule has 2 N–H and O–H groups in total. The maximum Gasteiger partial charge on any atom is 0.329 e. The molecule has 2 unspecified atom stereocenters. The SMILES string of the molecule is COC(=O)C(C(C)C)N(c1ccc(-c2ccc(NC(=O)c3oc4ccc(Br)c(OC)c4c3C)cc2)cc1)S(=O)O. The highest BCUT2D eigenvalue weighted by molar-refractivity contribution is 9.10. The first-order valence-corrected chi connectivity index (χ1v) is 14.2. The third kappa shape index (κ3) is 5.77. The number of methoxy groups -OCH3 is 2. The Labute approximate surface area is 243 Å². The van der Waals surface area contributed by atoms with E-state index in [0.29, 0.717) is 28.3 Å². The van der Waals surface area contributed by atoms with Gasteiger partial charge in [0.25, 0.3) is 17.2 Å². The zero-order chi connectivity index (χ0) is 29.1. The van der Waals surface area contributed by atoms with E-state index in [1.54, 1.807) is 69.5 Å². The second-order valence-electron chi connectivity index (χ2n) is 9.36. The molecule has 1 amide bonds. The van der Waals surface area contributed by atoms with E-state index in [2.05, 4.69) is 21.2 Å². The Bertz CT molecular complexity index is 1570. The van der Waals surface area contributed by atoms with Crippen molar-refractivity contribution in [1.29, 1.82) is 0 Å². The van der Waals surface area contributed by atoms with Crippen molar-refractivity contribution >= 4 is 61.4 Å². The van der Waals surface area contributed by atoms with Crippen LogP contribution in [0.5, 0.6) is 5.75 Å². The van der Waals surface area contributed by atoms with Crippen LogP contribution in [0.3, 0.4) is 0 Å². The van der Waals surface area contributed by atoms with Crippen molar-refractivity contribution in [3.63, 3.8) is 0 Å². The van der Waals surface area contributed by atoms with Crippen molar-refractivity contribution in [3.8, 4) is 16.9 Å². The van der Waals surface area contributed by atoms with Gasteiger partial charge in [-0.1, -0.05) is 38.1 Å². The molecule has 4 rings (SSSR count). The van der Waals surface area contributed by atoms with Crippen LogP contribution in [0.1, 0.15) is 30.0 Å². The molecule has 0 saturated heterocycles. The minimum Gasteiger partial charge on any atom is -0.495 e. The van der Waals surface area contributed by atoms with Gasteiger partial charge in [0.15, 0.2) is 5.76 Å². The molecule has 4 aromatic rings. The molecule has 0 fully saturated rings. The number of amides is 1. The van der Waals surface area contributed by atoms with Gasteiger partial charge in [-0.3, -0.25) is 13.7 Å². The van der Waals surface area contributed by atoms with Crippen LogP contribution in [0.4, 0.5) is 11.4 Å². The monoisotopic (exact) mass is 628 g/mol. The topological polar surface area (TPSA) is 118 Å². The second-order valence-corrected chi connectivity index (χ2v) is 11.1. The summed E-state index contributed by atoms with van der Waals surface area (Å²) in [5, 5.41) is 3.60. The fraction of sp³-hybridized carbons (Fsp3) is 0.241. The Balaban J connectivity index is 1.53. The maximum atomic E-state index is 13.0. The van der Waals surface area contributed by atoms with Crippen LogP contribution < -0.4 is 14.4 Å². The molecule has 0 spiro atoms. The van der Waals surface area contributed by atoms with Crippen molar-refractivity contribution in [2.75, 3.05) is 23.8 Å². The molecule has 0 aliphatic rings. The third-order valence-electron chi connectivity index (χ3n) is 6.50. The number of esters is 1. The van der Waals surface area contributed by atoms with Crippen LogP contribution in [0.25, 0.3) is 22.1 Å². The van der Waals surface area contributed by atoms with E-state index < -0.39 is 23.3 Å². The predicted octanol–water partition coefficient (Wildman–Crippen LogP) is 6.57. The van der Waals surface area contributed by atoms with Gasteiger partial charge < -0.3 is 19.2 Å². The first-order valence-electron chi connectivity index (χ1n) is 12.3. The lowest BCUT2D eigenvalue weighted by Crippen LogP contribution is -2.46. The third-order valence-corrected chi connectivity index (χ3v) is 7.90. The van der Waals surface area contributed by atoms with E-state index in [-0.39, 0.29) is 17.6 Å². The molecule has 1 heterocycles. The Morgan fingerprint density at radius 1 is 1.00 bits per heavy atom. The van der Waals surface area contributed by atoms with Gasteiger partial charge in [0.05, 0.1) is 29.8 Å². The van der Waals surface area contributed by atoms with Crippen molar-refractivity contribution in [2.24, 2.45) is 5.92 Å². The largest absolute Gasteiger partial charge is 0.495 e. The van der Waals surface area contributed by atoms with Crippen LogP contribution in [0.2, 0.25) is 0 Å². The summed E-state index contributed by atoms with van der Waals surface area (Å²) in [4.78, 5) is 25.3. The van der Waals surface area contributed by atoms with E-state index in [9.17, 15) is 18.4 Å². The molecule has 0 bridgehead atoms. The number of carbonyl (C=O) groups is 2. The number of rotatable bonds is 9. The van der Waals surface area contributed by atoms with Gasteiger partial charge in [0, 0.05) is 11.3 Å². The molecule has 40 heavy (non-hydrogen) atoms. The van der Waals surface area contributed by atoms with E-state index in [1.165, 1.54) is 7.11 Å². The number of furan rings is 1. The van der Waals surface area contributed by atoms with Crippen LogP contribution in [0, 0.1) is 12.8 Å². The summed E-state index contributed by atoms with van der Waals surface area (Å²) in [5.74, 6) is -0.441. The van der Waals surface area contributed by atoms with E-state index in [4.69, 9.17) is 13.9 Å². The number of benzene rings is 3. The van der Waals surface area contributed by atoms with Gasteiger partial charge >= 0.3 is 5.97 Å². The smallest absolute Gasteiger partial charge is 0.329 e. The van der Waals surface area contributed by atoms with E-state index >= 15 is 0 Å². The standard InChI is InChI=1S/C29H29BrN2O7S/c1-16(2)25(29(34)38-5)32(40(35)36)21-12-8-19(9-13-21)18-6-10-20(11-7-18)31-28(33)26-17(3)24-23(39-26)15-14-22(30)27(24)37-4/h6-16,25H,1-5H3,(H,31,33)(H,35,36). The van der Waals surface area contributed by atoms with Crippen LogP contribution in [0.15, 0.2) is 69.6 Å². The zero-order valence-corrected chi connectivity index (χ0v) is 25.0. The van der Waals surface area contributed by atoms with Crippen molar-refractivity contribution in [2.45, 2.75) is 26.8 Å². The molecule has 1 aromatic heterocycles. The summed E-state index contributed by atoms with van der Waals surface area (Å²) in [6, 6.07) is 16.8. The Morgan fingerprint density at radius 3 is 2.12 bits per heavy atom. The lowest BCUT2D eigenvalue weighted by molar-refractivity contribution is -0.142. The molecule has 0 aliphatic carbocycles. The summed E-state index contributed by atoms with van der Waals surface area (Å²) < 4.78 is 40.2.